The molecule has 1 aliphatic rings. The van der Waals surface area contributed by atoms with E-state index in [0.717, 1.165) is 30.8 Å². The number of rotatable bonds is 3. The largest absolute Gasteiger partial charge is 0.355 e. The van der Waals surface area contributed by atoms with E-state index >= 15 is 0 Å². The Kier molecular flexibility index (Phi) is 4.28. The Hall–Kier alpha value is -1.37. The van der Waals surface area contributed by atoms with Crippen molar-refractivity contribution in [1.29, 1.82) is 0 Å². The van der Waals surface area contributed by atoms with Crippen molar-refractivity contribution >= 4 is 28.8 Å². The highest BCUT2D eigenvalue weighted by atomic mass is 35.5. The van der Waals surface area contributed by atoms with Crippen LogP contribution in [0.4, 0.5) is 0 Å². The van der Waals surface area contributed by atoms with Crippen LogP contribution in [0.5, 0.6) is 0 Å². The van der Waals surface area contributed by atoms with Gasteiger partial charge in [-0.05, 0) is 32.0 Å². The normalized spacial score (nSPS) is 16.4. The van der Waals surface area contributed by atoms with Gasteiger partial charge in [0.1, 0.15) is 0 Å². The van der Waals surface area contributed by atoms with Crippen molar-refractivity contribution in [2.45, 2.75) is 18.9 Å². The Morgan fingerprint density at radius 1 is 1.48 bits per heavy atom. The van der Waals surface area contributed by atoms with Gasteiger partial charge < -0.3 is 14.7 Å². The van der Waals surface area contributed by atoms with Crippen LogP contribution in [0, 0.1) is 0 Å². The van der Waals surface area contributed by atoms with E-state index in [0.29, 0.717) is 21.8 Å². The number of halogens is 1. The molecule has 0 bridgehead atoms. The number of piperidine rings is 1. The number of hydrogen-bond acceptors (Lipinski definition) is 5. The molecule has 0 aromatic carbocycles. The highest BCUT2D eigenvalue weighted by molar-refractivity contribution is 7.19. The molecule has 0 spiro atoms. The molecule has 1 N–H and O–H groups in total. The zero-order chi connectivity index (χ0) is 14.8. The van der Waals surface area contributed by atoms with Crippen LogP contribution >= 0.6 is 22.9 Å². The number of carbonyl (C=O) groups excluding carboxylic acids is 1. The summed E-state index contributed by atoms with van der Waals surface area (Å²) < 4.78 is 5.94. The van der Waals surface area contributed by atoms with Crippen molar-refractivity contribution in [3.05, 3.63) is 28.2 Å². The molecule has 0 saturated carbocycles. The third kappa shape index (κ3) is 3.12. The summed E-state index contributed by atoms with van der Waals surface area (Å²) in [5.74, 6) is 0.516. The zero-order valence-corrected chi connectivity index (χ0v) is 13.2. The summed E-state index contributed by atoms with van der Waals surface area (Å²) in [5.41, 5.74) is 0.359. The summed E-state index contributed by atoms with van der Waals surface area (Å²) in [7, 11) is 1.96. The van der Waals surface area contributed by atoms with Crippen LogP contribution in [0.3, 0.4) is 0 Å². The standard InChI is InChI=1S/C14H16ClN3O2S/c1-16-9-4-6-18(7-5-9)14(19)10-8-11(20-17-10)12-2-3-13(15)21-12/h2-3,8-9,16H,4-7H2,1H3. The molecule has 0 atom stereocenters. The molecule has 1 saturated heterocycles. The Labute approximate surface area is 131 Å². The lowest BCUT2D eigenvalue weighted by atomic mass is 10.1. The molecule has 112 valence electrons. The molecule has 7 heteroatoms. The number of nitrogens with one attached hydrogen (secondary N) is 1. The molecule has 2 aromatic heterocycles. The van der Waals surface area contributed by atoms with Crippen molar-refractivity contribution in [3.8, 4) is 10.6 Å². The van der Waals surface area contributed by atoms with Gasteiger partial charge in [-0.1, -0.05) is 16.8 Å². The van der Waals surface area contributed by atoms with Gasteiger partial charge in [-0.3, -0.25) is 4.79 Å². The van der Waals surface area contributed by atoms with Gasteiger partial charge in [0.25, 0.3) is 5.91 Å². The van der Waals surface area contributed by atoms with E-state index in [1.807, 2.05) is 18.0 Å². The first-order valence-corrected chi connectivity index (χ1v) is 8.06. The van der Waals surface area contributed by atoms with Crippen molar-refractivity contribution in [2.24, 2.45) is 0 Å². The lowest BCUT2D eigenvalue weighted by Crippen LogP contribution is -2.44. The molecule has 5 nitrogen and oxygen atoms in total. The van der Waals surface area contributed by atoms with Crippen LogP contribution in [0.25, 0.3) is 10.6 Å². The minimum atomic E-state index is -0.0674. The summed E-state index contributed by atoms with van der Waals surface area (Å²) in [4.78, 5) is 15.1. The highest BCUT2D eigenvalue weighted by Gasteiger charge is 2.25. The summed E-state index contributed by atoms with van der Waals surface area (Å²) in [6.45, 7) is 1.49. The maximum Gasteiger partial charge on any atom is 0.276 e. The molecule has 21 heavy (non-hydrogen) atoms. The number of carbonyl (C=O) groups is 1. The van der Waals surface area contributed by atoms with Gasteiger partial charge in [0.2, 0.25) is 0 Å². The summed E-state index contributed by atoms with van der Waals surface area (Å²) in [5, 5.41) is 7.15. The average Bonchev–Trinajstić information content (AvgIpc) is 3.15. The number of hydrogen-bond donors (Lipinski definition) is 1. The van der Waals surface area contributed by atoms with E-state index in [4.69, 9.17) is 16.1 Å². The van der Waals surface area contributed by atoms with E-state index in [2.05, 4.69) is 10.5 Å². The van der Waals surface area contributed by atoms with Gasteiger partial charge in [0.05, 0.1) is 9.21 Å². The van der Waals surface area contributed by atoms with Crippen LogP contribution < -0.4 is 5.32 Å². The molecule has 0 unspecified atom stereocenters. The topological polar surface area (TPSA) is 58.4 Å². The van der Waals surface area contributed by atoms with Crippen molar-refractivity contribution in [1.82, 2.24) is 15.4 Å². The molecule has 1 amide bonds. The number of likely N-dealkylation sites (tertiary alicyclic amines) is 1. The van der Waals surface area contributed by atoms with Crippen LogP contribution in [0.2, 0.25) is 4.34 Å². The third-order valence-corrected chi connectivity index (χ3v) is 4.98. The highest BCUT2D eigenvalue weighted by Crippen LogP contribution is 2.31. The van der Waals surface area contributed by atoms with Crippen molar-refractivity contribution in [3.63, 3.8) is 0 Å². The van der Waals surface area contributed by atoms with Gasteiger partial charge in [-0.2, -0.15) is 0 Å². The van der Waals surface area contributed by atoms with E-state index in [9.17, 15) is 4.79 Å². The maximum absolute atomic E-state index is 12.4. The smallest absolute Gasteiger partial charge is 0.276 e. The monoisotopic (exact) mass is 325 g/mol. The zero-order valence-electron chi connectivity index (χ0n) is 11.6. The molecule has 3 rings (SSSR count). The van der Waals surface area contributed by atoms with Gasteiger partial charge in [0, 0.05) is 25.2 Å². The second kappa shape index (κ2) is 6.17. The number of thiophene rings is 1. The Balaban J connectivity index is 1.70. The molecular formula is C14H16ClN3O2S. The van der Waals surface area contributed by atoms with E-state index in [-0.39, 0.29) is 5.91 Å². The molecule has 1 aliphatic heterocycles. The number of amides is 1. The first-order valence-electron chi connectivity index (χ1n) is 6.86. The molecule has 3 heterocycles. The first kappa shape index (κ1) is 14.6. The van der Waals surface area contributed by atoms with Crippen LogP contribution in [0.15, 0.2) is 22.7 Å². The van der Waals surface area contributed by atoms with Gasteiger partial charge in [-0.15, -0.1) is 11.3 Å². The number of nitrogens with zero attached hydrogens (tertiary/aromatic N) is 2. The molecule has 2 aromatic rings. The van der Waals surface area contributed by atoms with Gasteiger partial charge >= 0.3 is 0 Å². The van der Waals surface area contributed by atoms with Crippen molar-refractivity contribution in [2.75, 3.05) is 20.1 Å². The second-order valence-corrected chi connectivity index (χ2v) is 6.75. The molecule has 0 aliphatic carbocycles. The van der Waals surface area contributed by atoms with Crippen LogP contribution in [0.1, 0.15) is 23.3 Å². The fraction of sp³-hybridized carbons (Fsp3) is 0.429. The lowest BCUT2D eigenvalue weighted by molar-refractivity contribution is 0.0697. The predicted molar refractivity (Wildman–Crippen MR) is 82.8 cm³/mol. The van der Waals surface area contributed by atoms with Crippen LogP contribution in [-0.4, -0.2) is 42.1 Å². The summed E-state index contributed by atoms with van der Waals surface area (Å²) in [6.07, 6.45) is 1.93. The third-order valence-electron chi connectivity index (χ3n) is 3.74. The second-order valence-electron chi connectivity index (χ2n) is 5.04. The summed E-state index contributed by atoms with van der Waals surface area (Å²) >= 11 is 7.31. The van der Waals surface area contributed by atoms with Gasteiger partial charge in [0.15, 0.2) is 11.5 Å². The van der Waals surface area contributed by atoms with E-state index in [1.165, 1.54) is 11.3 Å². The average molecular weight is 326 g/mol. The quantitative estimate of drug-likeness (QED) is 0.942. The van der Waals surface area contributed by atoms with Gasteiger partial charge in [-0.25, -0.2) is 0 Å². The molecule has 1 fully saturated rings. The SMILES string of the molecule is CNC1CCN(C(=O)c2cc(-c3ccc(Cl)s3)on2)CC1. The van der Waals surface area contributed by atoms with E-state index in [1.54, 1.807) is 12.1 Å². The van der Waals surface area contributed by atoms with E-state index < -0.39 is 0 Å². The molecular weight excluding hydrogens is 310 g/mol. The Morgan fingerprint density at radius 2 is 2.24 bits per heavy atom. The lowest BCUT2D eigenvalue weighted by Gasteiger charge is -2.31. The van der Waals surface area contributed by atoms with Crippen molar-refractivity contribution < 1.29 is 9.32 Å². The maximum atomic E-state index is 12.4. The number of aromatic nitrogens is 1. The first-order chi connectivity index (χ1) is 10.2. The minimum Gasteiger partial charge on any atom is -0.355 e. The summed E-state index contributed by atoms with van der Waals surface area (Å²) in [6, 6.07) is 5.85. The fourth-order valence-electron chi connectivity index (χ4n) is 2.47. The molecule has 0 radical (unpaired) electrons. The minimum absolute atomic E-state index is 0.0674. The Bertz CT molecular complexity index is 632. The predicted octanol–water partition coefficient (Wildman–Crippen LogP) is 2.88. The van der Waals surface area contributed by atoms with Crippen LogP contribution in [-0.2, 0) is 0 Å². The fourth-order valence-corrected chi connectivity index (χ4v) is 3.46. The Morgan fingerprint density at radius 3 is 2.86 bits per heavy atom.